The van der Waals surface area contributed by atoms with Crippen molar-refractivity contribution in [2.45, 2.75) is 32.4 Å². The molecule has 0 unspecified atom stereocenters. The number of aromatic nitrogens is 6. The lowest BCUT2D eigenvalue weighted by molar-refractivity contribution is 0.0270. The summed E-state index contributed by atoms with van der Waals surface area (Å²) in [4.78, 5) is 11.1. The van der Waals surface area contributed by atoms with Gasteiger partial charge in [0.2, 0.25) is 0 Å². The van der Waals surface area contributed by atoms with Gasteiger partial charge in [0.25, 0.3) is 5.78 Å². The molecule has 0 bridgehead atoms. The molecule has 0 spiro atoms. The van der Waals surface area contributed by atoms with Crippen LogP contribution in [0.3, 0.4) is 0 Å². The monoisotopic (exact) mass is 327 g/mol. The highest BCUT2D eigenvalue weighted by Crippen LogP contribution is 2.20. The van der Waals surface area contributed by atoms with E-state index in [9.17, 15) is 0 Å². The first-order valence-corrected chi connectivity index (χ1v) is 8.37. The highest BCUT2D eigenvalue weighted by molar-refractivity contribution is 5.47. The summed E-state index contributed by atoms with van der Waals surface area (Å²) in [5.41, 5.74) is 1.06. The Morgan fingerprint density at radius 2 is 2.29 bits per heavy atom. The van der Waals surface area contributed by atoms with Crippen molar-refractivity contribution in [2.75, 3.05) is 24.6 Å². The number of aryl methyl sites for hydroxylation is 1. The average Bonchev–Trinajstić information content (AvgIpc) is 3.26. The summed E-state index contributed by atoms with van der Waals surface area (Å²) in [6, 6.07) is 4.06. The Hall–Kier alpha value is -2.48. The lowest BCUT2D eigenvalue weighted by atomic mass is 10.2. The molecular weight excluding hydrogens is 306 g/mol. The molecule has 0 aliphatic carbocycles. The van der Waals surface area contributed by atoms with Crippen molar-refractivity contribution in [3.05, 3.63) is 36.5 Å². The molecule has 1 aliphatic rings. The Morgan fingerprint density at radius 1 is 1.33 bits per heavy atom. The average molecular weight is 327 g/mol. The van der Waals surface area contributed by atoms with E-state index in [-0.39, 0.29) is 6.10 Å². The van der Waals surface area contributed by atoms with Gasteiger partial charge in [-0.25, -0.2) is 4.98 Å². The van der Waals surface area contributed by atoms with Gasteiger partial charge in [0, 0.05) is 37.2 Å². The summed E-state index contributed by atoms with van der Waals surface area (Å²) in [6.07, 6.45) is 7.41. The molecule has 1 saturated heterocycles. The molecule has 1 atom stereocenters. The van der Waals surface area contributed by atoms with Crippen LogP contribution in [-0.4, -0.2) is 55.2 Å². The molecule has 4 heterocycles. The van der Waals surface area contributed by atoms with E-state index in [0.717, 1.165) is 44.0 Å². The van der Waals surface area contributed by atoms with Crippen molar-refractivity contribution < 1.29 is 4.74 Å². The molecule has 1 fully saturated rings. The second-order valence-electron chi connectivity index (χ2n) is 5.99. The minimum atomic E-state index is 0.0972. The molecule has 0 radical (unpaired) electrons. The Labute approximate surface area is 140 Å². The highest BCUT2D eigenvalue weighted by Gasteiger charge is 2.24. The van der Waals surface area contributed by atoms with Crippen LogP contribution in [0.4, 0.5) is 5.82 Å². The number of rotatable bonds is 5. The second kappa shape index (κ2) is 6.56. The highest BCUT2D eigenvalue weighted by atomic mass is 16.5. The largest absolute Gasteiger partial charge is 0.373 e. The molecule has 3 aromatic heterocycles. The molecule has 0 amide bonds. The van der Waals surface area contributed by atoms with Crippen LogP contribution in [-0.2, 0) is 17.7 Å². The van der Waals surface area contributed by atoms with Gasteiger partial charge >= 0.3 is 0 Å². The van der Waals surface area contributed by atoms with Crippen molar-refractivity contribution in [2.24, 2.45) is 0 Å². The van der Waals surface area contributed by atoms with Gasteiger partial charge in [0.05, 0.1) is 19.3 Å². The second-order valence-corrected chi connectivity index (χ2v) is 5.99. The zero-order valence-corrected chi connectivity index (χ0v) is 13.7. The fraction of sp³-hybridized carbons (Fsp3) is 0.500. The standard InChI is InChI=1S/C16H21N7O/c1-2-4-13-9-15(23-16(20-13)17-12-19-23)21-7-8-24-14(10-21)11-22-6-3-5-18-22/h3,5-6,9,12,14H,2,4,7-8,10-11H2,1H3/t14-/m1/s1. The van der Waals surface area contributed by atoms with E-state index < -0.39 is 0 Å². The normalized spacial score (nSPS) is 18.4. The third-order valence-corrected chi connectivity index (χ3v) is 4.20. The van der Waals surface area contributed by atoms with Gasteiger partial charge in [0.15, 0.2) is 0 Å². The van der Waals surface area contributed by atoms with Crippen molar-refractivity contribution in [3.8, 4) is 0 Å². The fourth-order valence-corrected chi connectivity index (χ4v) is 3.11. The first-order chi connectivity index (χ1) is 11.8. The van der Waals surface area contributed by atoms with Crippen LogP contribution in [0.15, 0.2) is 30.9 Å². The number of anilines is 1. The van der Waals surface area contributed by atoms with Crippen LogP contribution >= 0.6 is 0 Å². The zero-order chi connectivity index (χ0) is 16.4. The molecule has 126 valence electrons. The zero-order valence-electron chi connectivity index (χ0n) is 13.7. The van der Waals surface area contributed by atoms with Gasteiger partial charge in [-0.3, -0.25) is 4.68 Å². The minimum absolute atomic E-state index is 0.0972. The number of fused-ring (bicyclic) bond motifs is 1. The molecule has 0 saturated carbocycles. The summed E-state index contributed by atoms with van der Waals surface area (Å²) in [5.74, 6) is 1.70. The van der Waals surface area contributed by atoms with Gasteiger partial charge in [-0.05, 0) is 12.5 Å². The Balaban J connectivity index is 1.60. The van der Waals surface area contributed by atoms with Crippen molar-refractivity contribution in [3.63, 3.8) is 0 Å². The summed E-state index contributed by atoms with van der Waals surface area (Å²) in [6.45, 7) is 5.22. The minimum Gasteiger partial charge on any atom is -0.373 e. The third kappa shape index (κ3) is 2.96. The van der Waals surface area contributed by atoms with Gasteiger partial charge in [-0.1, -0.05) is 13.3 Å². The Kier molecular flexibility index (Phi) is 4.12. The SMILES string of the molecule is CCCc1cc(N2CCO[C@@H](Cn3cccn3)C2)n2ncnc2n1. The quantitative estimate of drug-likeness (QED) is 0.700. The molecule has 1 aliphatic heterocycles. The van der Waals surface area contributed by atoms with Crippen molar-refractivity contribution >= 4 is 11.6 Å². The topological polar surface area (TPSA) is 73.4 Å². The predicted octanol–water partition coefficient (Wildman–Crippen LogP) is 1.18. The third-order valence-electron chi connectivity index (χ3n) is 4.20. The van der Waals surface area contributed by atoms with E-state index in [1.807, 2.05) is 21.5 Å². The van der Waals surface area contributed by atoms with E-state index in [1.54, 1.807) is 12.5 Å². The number of morpholine rings is 1. The number of hydrogen-bond acceptors (Lipinski definition) is 6. The van der Waals surface area contributed by atoms with Crippen molar-refractivity contribution in [1.82, 2.24) is 29.4 Å². The predicted molar refractivity (Wildman–Crippen MR) is 89.0 cm³/mol. The maximum Gasteiger partial charge on any atom is 0.254 e. The molecule has 8 nitrogen and oxygen atoms in total. The van der Waals surface area contributed by atoms with Crippen LogP contribution in [0.5, 0.6) is 0 Å². The Morgan fingerprint density at radius 3 is 3.12 bits per heavy atom. The van der Waals surface area contributed by atoms with E-state index >= 15 is 0 Å². The Bertz CT molecular complexity index is 798. The van der Waals surface area contributed by atoms with Crippen LogP contribution in [0, 0.1) is 0 Å². The smallest absolute Gasteiger partial charge is 0.254 e. The molecule has 4 rings (SSSR count). The maximum atomic E-state index is 5.91. The fourth-order valence-electron chi connectivity index (χ4n) is 3.11. The van der Waals surface area contributed by atoms with Gasteiger partial charge < -0.3 is 9.64 Å². The summed E-state index contributed by atoms with van der Waals surface area (Å²) in [5, 5.41) is 8.61. The van der Waals surface area contributed by atoms with Crippen molar-refractivity contribution in [1.29, 1.82) is 0 Å². The maximum absolute atomic E-state index is 5.91. The number of ether oxygens (including phenoxy) is 1. The van der Waals surface area contributed by atoms with E-state index in [4.69, 9.17) is 4.74 Å². The molecule has 0 aromatic carbocycles. The molecule has 24 heavy (non-hydrogen) atoms. The summed E-state index contributed by atoms with van der Waals surface area (Å²) in [7, 11) is 0. The molecule has 3 aromatic rings. The van der Waals surface area contributed by atoms with Gasteiger partial charge in [-0.15, -0.1) is 0 Å². The first kappa shape index (κ1) is 15.1. The van der Waals surface area contributed by atoms with Crippen LogP contribution in [0.2, 0.25) is 0 Å². The van der Waals surface area contributed by atoms with Gasteiger partial charge in [0.1, 0.15) is 12.1 Å². The van der Waals surface area contributed by atoms with Crippen LogP contribution in [0.1, 0.15) is 19.0 Å². The summed E-state index contributed by atoms with van der Waals surface area (Å²) >= 11 is 0. The lowest BCUT2D eigenvalue weighted by Gasteiger charge is -2.34. The summed E-state index contributed by atoms with van der Waals surface area (Å²) < 4.78 is 9.64. The lowest BCUT2D eigenvalue weighted by Crippen LogP contribution is -2.45. The number of nitrogens with zero attached hydrogens (tertiary/aromatic N) is 7. The van der Waals surface area contributed by atoms with Gasteiger partial charge in [-0.2, -0.15) is 19.7 Å². The first-order valence-electron chi connectivity index (χ1n) is 8.37. The van der Waals surface area contributed by atoms with E-state index in [0.29, 0.717) is 12.4 Å². The molecular formula is C16H21N7O. The molecule has 0 N–H and O–H groups in total. The number of hydrogen-bond donors (Lipinski definition) is 0. The molecule has 8 heteroatoms. The van der Waals surface area contributed by atoms with Crippen LogP contribution < -0.4 is 4.90 Å². The van der Waals surface area contributed by atoms with E-state index in [2.05, 4.69) is 38.1 Å². The van der Waals surface area contributed by atoms with E-state index in [1.165, 1.54) is 0 Å². The van der Waals surface area contributed by atoms with Crippen LogP contribution in [0.25, 0.3) is 5.78 Å².